The molecule has 1 rings (SSSR count). The molecule has 0 spiro atoms. The summed E-state index contributed by atoms with van der Waals surface area (Å²) in [5, 5.41) is 17.0. The number of hydrogen-bond donors (Lipinski definition) is 3. The summed E-state index contributed by atoms with van der Waals surface area (Å²) < 4.78 is 5.29. The third-order valence-corrected chi connectivity index (χ3v) is 3.93. The number of aliphatic hydroxyl groups is 1. The first-order valence-electron chi connectivity index (χ1n) is 8.82. The number of nitrogens with zero attached hydrogens (tertiary/aromatic N) is 2. The van der Waals surface area contributed by atoms with E-state index in [1.807, 2.05) is 6.92 Å². The van der Waals surface area contributed by atoms with Crippen molar-refractivity contribution in [3.63, 3.8) is 0 Å². The molecule has 0 aliphatic rings. The highest BCUT2D eigenvalue weighted by Gasteiger charge is 2.26. The standard InChI is InChI=1S/C18H34N4O2/c1-7-19-17(20-10-11-22(14(2)3)15(4)5)21-13-18(6,23)16-9-8-12-24-16/h8-9,12,14-15,23H,7,10-11,13H2,1-6H3,(H2,19,20,21). The monoisotopic (exact) mass is 338 g/mol. The number of furan rings is 1. The lowest BCUT2D eigenvalue weighted by Crippen LogP contribution is -2.45. The van der Waals surface area contributed by atoms with E-state index in [4.69, 9.17) is 4.42 Å². The Labute approximate surface area is 146 Å². The highest BCUT2D eigenvalue weighted by Crippen LogP contribution is 2.20. The van der Waals surface area contributed by atoms with Crippen molar-refractivity contribution >= 4 is 5.96 Å². The van der Waals surface area contributed by atoms with E-state index in [-0.39, 0.29) is 6.54 Å². The topological polar surface area (TPSA) is 73.0 Å². The Bertz CT molecular complexity index is 473. The lowest BCUT2D eigenvalue weighted by atomic mass is 10.0. The fourth-order valence-corrected chi connectivity index (χ4v) is 2.65. The van der Waals surface area contributed by atoms with Crippen LogP contribution in [0, 0.1) is 0 Å². The number of rotatable bonds is 9. The molecule has 3 N–H and O–H groups in total. The molecule has 0 aromatic carbocycles. The highest BCUT2D eigenvalue weighted by molar-refractivity contribution is 5.79. The molecule has 1 heterocycles. The molecule has 1 aromatic rings. The summed E-state index contributed by atoms with van der Waals surface area (Å²) in [6, 6.07) is 4.54. The molecule has 6 heteroatoms. The second kappa shape index (κ2) is 9.69. The van der Waals surface area contributed by atoms with Crippen molar-refractivity contribution in [2.75, 3.05) is 26.2 Å². The maximum Gasteiger partial charge on any atom is 0.191 e. The molecule has 0 bridgehead atoms. The minimum Gasteiger partial charge on any atom is -0.466 e. The lowest BCUT2D eigenvalue weighted by Gasteiger charge is -2.30. The van der Waals surface area contributed by atoms with Crippen LogP contribution in [0.4, 0.5) is 0 Å². The third kappa shape index (κ3) is 6.53. The Hall–Kier alpha value is -1.53. The van der Waals surface area contributed by atoms with Crippen molar-refractivity contribution in [2.24, 2.45) is 4.99 Å². The van der Waals surface area contributed by atoms with Crippen LogP contribution >= 0.6 is 0 Å². The molecule has 0 saturated carbocycles. The van der Waals surface area contributed by atoms with Crippen molar-refractivity contribution in [1.29, 1.82) is 0 Å². The van der Waals surface area contributed by atoms with E-state index in [0.29, 0.717) is 23.8 Å². The van der Waals surface area contributed by atoms with Crippen LogP contribution in [0.1, 0.15) is 47.3 Å². The number of aliphatic imine (C=N–C) groups is 1. The van der Waals surface area contributed by atoms with Gasteiger partial charge in [0, 0.05) is 31.7 Å². The molecule has 1 unspecified atom stereocenters. The summed E-state index contributed by atoms with van der Waals surface area (Å²) in [5.74, 6) is 1.23. The number of guanidine groups is 1. The molecule has 0 amide bonds. The molecule has 0 saturated heterocycles. The van der Waals surface area contributed by atoms with E-state index >= 15 is 0 Å². The van der Waals surface area contributed by atoms with Gasteiger partial charge in [-0.1, -0.05) is 0 Å². The second-order valence-electron chi connectivity index (χ2n) is 6.80. The second-order valence-corrected chi connectivity index (χ2v) is 6.80. The molecular formula is C18H34N4O2. The van der Waals surface area contributed by atoms with Crippen LogP contribution in [0.3, 0.4) is 0 Å². The summed E-state index contributed by atoms with van der Waals surface area (Å²) in [4.78, 5) is 6.92. The van der Waals surface area contributed by atoms with E-state index < -0.39 is 5.60 Å². The summed E-state index contributed by atoms with van der Waals surface area (Å²) >= 11 is 0. The fourth-order valence-electron chi connectivity index (χ4n) is 2.65. The van der Waals surface area contributed by atoms with Gasteiger partial charge in [0.1, 0.15) is 11.4 Å². The average Bonchev–Trinajstić information content (AvgIpc) is 3.03. The number of hydrogen-bond acceptors (Lipinski definition) is 4. The average molecular weight is 338 g/mol. The van der Waals surface area contributed by atoms with Crippen LogP contribution in [0.2, 0.25) is 0 Å². The van der Waals surface area contributed by atoms with Crippen LogP contribution in [0.25, 0.3) is 0 Å². The number of nitrogens with one attached hydrogen (secondary N) is 2. The van der Waals surface area contributed by atoms with Gasteiger partial charge in [0.05, 0.1) is 12.8 Å². The Kier molecular flexibility index (Phi) is 8.28. The zero-order valence-corrected chi connectivity index (χ0v) is 16.0. The van der Waals surface area contributed by atoms with E-state index in [9.17, 15) is 5.11 Å². The fraction of sp³-hybridized carbons (Fsp3) is 0.722. The Morgan fingerprint density at radius 1 is 1.29 bits per heavy atom. The van der Waals surface area contributed by atoms with Gasteiger partial charge in [-0.15, -0.1) is 0 Å². The van der Waals surface area contributed by atoms with Gasteiger partial charge in [0.2, 0.25) is 0 Å². The van der Waals surface area contributed by atoms with Crippen molar-refractivity contribution in [1.82, 2.24) is 15.5 Å². The molecule has 0 fully saturated rings. The summed E-state index contributed by atoms with van der Waals surface area (Å²) in [6.45, 7) is 15.3. The molecule has 1 aromatic heterocycles. The maximum atomic E-state index is 10.5. The normalized spacial score (nSPS) is 15.2. The van der Waals surface area contributed by atoms with E-state index in [1.165, 1.54) is 0 Å². The summed E-state index contributed by atoms with van der Waals surface area (Å²) in [6.07, 6.45) is 1.56. The molecule has 138 valence electrons. The molecule has 0 aliphatic carbocycles. The van der Waals surface area contributed by atoms with Crippen molar-refractivity contribution in [2.45, 2.75) is 59.2 Å². The van der Waals surface area contributed by atoms with E-state index in [0.717, 1.165) is 19.6 Å². The van der Waals surface area contributed by atoms with Crippen LogP contribution in [0.5, 0.6) is 0 Å². The van der Waals surface area contributed by atoms with E-state index in [1.54, 1.807) is 25.3 Å². The molecule has 0 aliphatic heterocycles. The van der Waals surface area contributed by atoms with Gasteiger partial charge in [-0.25, -0.2) is 4.99 Å². The van der Waals surface area contributed by atoms with Crippen molar-refractivity contribution < 1.29 is 9.52 Å². The molecule has 6 nitrogen and oxygen atoms in total. The minimum absolute atomic E-state index is 0.230. The summed E-state index contributed by atoms with van der Waals surface area (Å²) in [7, 11) is 0. The van der Waals surface area contributed by atoms with Crippen LogP contribution in [0.15, 0.2) is 27.8 Å². The molecule has 1 atom stereocenters. The quantitative estimate of drug-likeness (QED) is 0.475. The van der Waals surface area contributed by atoms with Gasteiger partial charge in [0.15, 0.2) is 5.96 Å². The highest BCUT2D eigenvalue weighted by atomic mass is 16.4. The molecular weight excluding hydrogens is 304 g/mol. The van der Waals surface area contributed by atoms with Gasteiger partial charge in [-0.05, 0) is 53.7 Å². The first-order chi connectivity index (χ1) is 11.3. The van der Waals surface area contributed by atoms with Gasteiger partial charge in [-0.3, -0.25) is 4.90 Å². The van der Waals surface area contributed by atoms with Gasteiger partial charge in [-0.2, -0.15) is 0 Å². The Balaban J connectivity index is 2.60. The zero-order valence-electron chi connectivity index (χ0n) is 16.0. The third-order valence-electron chi connectivity index (χ3n) is 3.93. The van der Waals surface area contributed by atoms with Gasteiger partial charge < -0.3 is 20.2 Å². The first-order valence-corrected chi connectivity index (χ1v) is 8.82. The van der Waals surface area contributed by atoms with Crippen molar-refractivity contribution in [3.8, 4) is 0 Å². The summed E-state index contributed by atoms with van der Waals surface area (Å²) in [5.41, 5.74) is -1.12. The SMILES string of the molecule is CCNC(=NCC(C)(O)c1ccco1)NCCN(C(C)C)C(C)C. The Morgan fingerprint density at radius 3 is 2.46 bits per heavy atom. The van der Waals surface area contributed by atoms with Gasteiger partial charge >= 0.3 is 0 Å². The molecule has 0 radical (unpaired) electrons. The van der Waals surface area contributed by atoms with Crippen LogP contribution in [-0.2, 0) is 5.60 Å². The zero-order chi connectivity index (χ0) is 18.2. The predicted molar refractivity (Wildman–Crippen MR) is 99.2 cm³/mol. The predicted octanol–water partition coefficient (Wildman–Crippen LogP) is 2.16. The van der Waals surface area contributed by atoms with Crippen LogP contribution < -0.4 is 10.6 Å². The Morgan fingerprint density at radius 2 is 1.96 bits per heavy atom. The van der Waals surface area contributed by atoms with E-state index in [2.05, 4.69) is 48.2 Å². The first kappa shape index (κ1) is 20.5. The molecule has 24 heavy (non-hydrogen) atoms. The minimum atomic E-state index is -1.12. The van der Waals surface area contributed by atoms with Crippen LogP contribution in [-0.4, -0.2) is 54.2 Å². The largest absolute Gasteiger partial charge is 0.466 e. The van der Waals surface area contributed by atoms with Crippen molar-refractivity contribution in [3.05, 3.63) is 24.2 Å². The van der Waals surface area contributed by atoms with Gasteiger partial charge in [0.25, 0.3) is 0 Å². The lowest BCUT2D eigenvalue weighted by molar-refractivity contribution is 0.0437. The maximum absolute atomic E-state index is 10.5. The smallest absolute Gasteiger partial charge is 0.191 e.